The molecule has 1 aliphatic rings. The van der Waals surface area contributed by atoms with Crippen molar-refractivity contribution in [3.63, 3.8) is 0 Å². The third kappa shape index (κ3) is 4.17. The molecule has 25 heavy (non-hydrogen) atoms. The first-order chi connectivity index (χ1) is 12.2. The maximum absolute atomic E-state index is 12.7. The van der Waals surface area contributed by atoms with Gasteiger partial charge in [0.05, 0.1) is 30.8 Å². The van der Waals surface area contributed by atoms with Crippen molar-refractivity contribution in [2.75, 3.05) is 17.2 Å². The quantitative estimate of drug-likeness (QED) is 0.835. The van der Waals surface area contributed by atoms with Gasteiger partial charge in [0.25, 0.3) is 5.91 Å². The zero-order valence-corrected chi connectivity index (χ0v) is 14.8. The van der Waals surface area contributed by atoms with Crippen molar-refractivity contribution in [3.8, 4) is 0 Å². The number of benzene rings is 1. The maximum Gasteiger partial charge on any atom is 0.255 e. The van der Waals surface area contributed by atoms with Gasteiger partial charge in [0.1, 0.15) is 0 Å². The molecule has 0 aliphatic carbocycles. The van der Waals surface area contributed by atoms with E-state index < -0.39 is 0 Å². The Morgan fingerprint density at radius 2 is 2.04 bits per heavy atom. The van der Waals surface area contributed by atoms with Gasteiger partial charge in [0.2, 0.25) is 0 Å². The van der Waals surface area contributed by atoms with Crippen LogP contribution in [-0.2, 0) is 17.8 Å². The number of rotatable bonds is 6. The van der Waals surface area contributed by atoms with Gasteiger partial charge in [-0.05, 0) is 48.6 Å². The average molecular weight is 339 g/mol. The molecule has 132 valence electrons. The number of hydrogen-bond acceptors (Lipinski definition) is 4. The molecule has 5 nitrogen and oxygen atoms in total. The number of ether oxygens (including phenoxy) is 1. The first kappa shape index (κ1) is 17.4. The zero-order valence-electron chi connectivity index (χ0n) is 14.8. The van der Waals surface area contributed by atoms with Gasteiger partial charge in [-0.2, -0.15) is 0 Å². The van der Waals surface area contributed by atoms with Crippen LogP contribution in [0.25, 0.3) is 0 Å². The van der Waals surface area contributed by atoms with Crippen molar-refractivity contribution >= 4 is 17.3 Å². The number of nitrogens with one attached hydrogen (secondary N) is 2. The maximum atomic E-state index is 12.7. The molecule has 1 aromatic carbocycles. The number of nitrogens with zero attached hydrogens (tertiary/aromatic N) is 1. The molecule has 2 aromatic rings. The summed E-state index contributed by atoms with van der Waals surface area (Å²) in [4.78, 5) is 16.8. The Kier molecular flexibility index (Phi) is 5.66. The summed E-state index contributed by atoms with van der Waals surface area (Å²) in [6.07, 6.45) is 6.33. The Balaban J connectivity index is 1.77. The number of amides is 1. The Morgan fingerprint density at radius 3 is 2.84 bits per heavy atom. The molecule has 2 N–H and O–H groups in total. The summed E-state index contributed by atoms with van der Waals surface area (Å²) in [5.41, 5.74) is 4.64. The summed E-state index contributed by atoms with van der Waals surface area (Å²) >= 11 is 0. The summed E-state index contributed by atoms with van der Waals surface area (Å²) in [5.74, 6) is -0.116. The van der Waals surface area contributed by atoms with Crippen LogP contribution in [0.5, 0.6) is 0 Å². The molecule has 0 atom stereocenters. The summed E-state index contributed by atoms with van der Waals surface area (Å²) in [6.45, 7) is 5.64. The summed E-state index contributed by atoms with van der Waals surface area (Å²) in [7, 11) is 0. The van der Waals surface area contributed by atoms with Crippen molar-refractivity contribution < 1.29 is 9.53 Å². The highest BCUT2D eigenvalue weighted by Crippen LogP contribution is 2.24. The molecule has 1 aromatic heterocycles. The van der Waals surface area contributed by atoms with Crippen molar-refractivity contribution in [2.24, 2.45) is 0 Å². The number of pyridine rings is 1. The molecule has 2 heterocycles. The fraction of sp³-hybridized carbons (Fsp3) is 0.400. The lowest BCUT2D eigenvalue weighted by atomic mass is 10.00. The fourth-order valence-electron chi connectivity index (χ4n) is 3.03. The molecule has 0 spiro atoms. The molecule has 0 unspecified atom stereocenters. The topological polar surface area (TPSA) is 63.2 Å². The summed E-state index contributed by atoms with van der Waals surface area (Å²) in [5, 5.41) is 6.47. The second-order valence-electron chi connectivity index (χ2n) is 6.32. The van der Waals surface area contributed by atoms with E-state index in [2.05, 4.69) is 29.5 Å². The molecule has 3 rings (SSSR count). The Labute approximate surface area is 148 Å². The largest absolute Gasteiger partial charge is 0.381 e. The van der Waals surface area contributed by atoms with Crippen molar-refractivity contribution in [3.05, 3.63) is 53.3 Å². The molecule has 0 saturated carbocycles. The highest BCUT2D eigenvalue weighted by molar-refractivity contribution is 6.05. The summed E-state index contributed by atoms with van der Waals surface area (Å²) < 4.78 is 5.45. The molecular weight excluding hydrogens is 314 g/mol. The van der Waals surface area contributed by atoms with Crippen molar-refractivity contribution in [1.82, 2.24) is 4.98 Å². The first-order valence-corrected chi connectivity index (χ1v) is 8.92. The minimum absolute atomic E-state index is 0.116. The highest BCUT2D eigenvalue weighted by Gasteiger charge is 2.15. The van der Waals surface area contributed by atoms with Crippen LogP contribution in [0.3, 0.4) is 0 Å². The van der Waals surface area contributed by atoms with Crippen molar-refractivity contribution in [2.45, 2.75) is 45.8 Å². The number of aromatic nitrogens is 1. The zero-order chi connectivity index (χ0) is 17.6. The van der Waals surface area contributed by atoms with E-state index in [1.54, 1.807) is 12.4 Å². The van der Waals surface area contributed by atoms with Crippen LogP contribution in [0.15, 0.2) is 36.7 Å². The molecule has 1 aliphatic heterocycles. The van der Waals surface area contributed by atoms with Gasteiger partial charge >= 0.3 is 0 Å². The van der Waals surface area contributed by atoms with Crippen molar-refractivity contribution in [1.29, 1.82) is 0 Å². The van der Waals surface area contributed by atoms with Gasteiger partial charge in [-0.15, -0.1) is 0 Å². The molecule has 1 amide bonds. The number of fused-ring (bicyclic) bond motifs is 1. The third-order valence-electron chi connectivity index (χ3n) is 4.66. The van der Waals surface area contributed by atoms with E-state index in [4.69, 9.17) is 4.74 Å². The molecule has 5 heteroatoms. The van der Waals surface area contributed by atoms with Gasteiger partial charge in [0, 0.05) is 17.8 Å². The number of carbonyl (C=O) groups is 1. The second kappa shape index (κ2) is 8.12. The predicted octanol–water partition coefficient (Wildman–Crippen LogP) is 4.01. The van der Waals surface area contributed by atoms with Crippen LogP contribution in [0.4, 0.5) is 11.4 Å². The van der Waals surface area contributed by atoms with E-state index in [1.807, 2.05) is 24.3 Å². The van der Waals surface area contributed by atoms with Crippen LogP contribution in [0, 0.1) is 0 Å². The average Bonchev–Trinajstić information content (AvgIpc) is 2.66. The fourth-order valence-corrected chi connectivity index (χ4v) is 3.03. The van der Waals surface area contributed by atoms with Gasteiger partial charge < -0.3 is 15.4 Å². The lowest BCUT2D eigenvalue weighted by Crippen LogP contribution is -2.20. The smallest absolute Gasteiger partial charge is 0.255 e. The van der Waals surface area contributed by atoms with Gasteiger partial charge in [-0.25, -0.2) is 0 Å². The highest BCUT2D eigenvalue weighted by atomic mass is 16.5. The molecule has 0 bridgehead atoms. The van der Waals surface area contributed by atoms with E-state index in [-0.39, 0.29) is 5.91 Å². The normalized spacial score (nSPS) is 13.4. The SMILES string of the molecule is CCC(CC)Nc1ccncc1NC(=O)c1ccc2c(c1)CCOC2. The van der Waals surface area contributed by atoms with Gasteiger partial charge in [-0.1, -0.05) is 19.9 Å². The molecular formula is C20H25N3O2. The van der Waals surface area contributed by atoms with E-state index in [1.165, 1.54) is 11.1 Å². The van der Waals surface area contributed by atoms with Gasteiger partial charge in [0.15, 0.2) is 0 Å². The standard InChI is InChI=1S/C20H25N3O2/c1-3-17(4-2)22-18-7-9-21-12-19(18)23-20(24)15-5-6-16-13-25-10-8-14(16)11-15/h5-7,9,11-12,17H,3-4,8,10,13H2,1-2H3,(H,21,22)(H,23,24). The van der Waals surface area contributed by atoms with E-state index in [9.17, 15) is 4.79 Å². The van der Waals surface area contributed by atoms with Crippen LogP contribution in [-0.4, -0.2) is 23.5 Å². The van der Waals surface area contributed by atoms with E-state index >= 15 is 0 Å². The van der Waals surface area contributed by atoms with E-state index in [0.717, 1.165) is 24.9 Å². The number of anilines is 2. The number of carbonyl (C=O) groups excluding carboxylic acids is 1. The first-order valence-electron chi connectivity index (χ1n) is 8.92. The molecule has 0 radical (unpaired) electrons. The lowest BCUT2D eigenvalue weighted by Gasteiger charge is -2.19. The lowest BCUT2D eigenvalue weighted by molar-refractivity contribution is 0.102. The predicted molar refractivity (Wildman–Crippen MR) is 100.0 cm³/mol. The summed E-state index contributed by atoms with van der Waals surface area (Å²) in [6, 6.07) is 8.08. The molecule has 0 saturated heterocycles. The Bertz CT molecular complexity index is 741. The second-order valence-corrected chi connectivity index (χ2v) is 6.32. The van der Waals surface area contributed by atoms with E-state index in [0.29, 0.717) is 30.5 Å². The van der Waals surface area contributed by atoms with Gasteiger partial charge in [-0.3, -0.25) is 9.78 Å². The van der Waals surface area contributed by atoms with Crippen LogP contribution in [0.2, 0.25) is 0 Å². The molecule has 0 fully saturated rings. The number of hydrogen-bond donors (Lipinski definition) is 2. The minimum atomic E-state index is -0.116. The Morgan fingerprint density at radius 1 is 1.20 bits per heavy atom. The third-order valence-corrected chi connectivity index (χ3v) is 4.66. The van der Waals surface area contributed by atoms with Crippen LogP contribution < -0.4 is 10.6 Å². The Hall–Kier alpha value is -2.40. The monoisotopic (exact) mass is 339 g/mol. The minimum Gasteiger partial charge on any atom is -0.381 e. The van der Waals surface area contributed by atoms with Crippen LogP contribution in [0.1, 0.15) is 48.2 Å². The van der Waals surface area contributed by atoms with Crippen LogP contribution >= 0.6 is 0 Å².